The van der Waals surface area contributed by atoms with Gasteiger partial charge < -0.3 is 15.3 Å². The number of aromatic nitrogens is 1. The van der Waals surface area contributed by atoms with E-state index in [1.165, 1.54) is 18.2 Å². The summed E-state index contributed by atoms with van der Waals surface area (Å²) in [6.45, 7) is 1.83. The minimum absolute atomic E-state index is 0.111. The summed E-state index contributed by atoms with van der Waals surface area (Å²) in [5, 5.41) is 30.0. The van der Waals surface area contributed by atoms with E-state index in [0.29, 0.717) is 16.3 Å². The van der Waals surface area contributed by atoms with Crippen LogP contribution in [-0.4, -0.2) is 38.5 Å². The fourth-order valence-electron chi connectivity index (χ4n) is 3.35. The average molecular weight is 430 g/mol. The molecule has 1 aromatic heterocycles. The lowest BCUT2D eigenvalue weighted by atomic mass is 9.93. The maximum atomic E-state index is 13.5. The summed E-state index contributed by atoms with van der Waals surface area (Å²) in [5.41, 5.74) is 3.68. The first-order valence-corrected chi connectivity index (χ1v) is 9.74. The second-order valence-corrected chi connectivity index (χ2v) is 7.50. The molecule has 0 spiro atoms. The molecule has 2 atom stereocenters. The van der Waals surface area contributed by atoms with Crippen molar-refractivity contribution in [2.45, 2.75) is 32.0 Å². The average Bonchev–Trinajstić information content (AvgIpc) is 2.66. The maximum Gasteiger partial charge on any atom is 0.305 e. The lowest BCUT2D eigenvalue weighted by molar-refractivity contribution is -0.139. The second kappa shape index (κ2) is 9.34. The van der Waals surface area contributed by atoms with E-state index in [1.807, 2.05) is 13.0 Å². The molecular weight excluding hydrogens is 409 g/mol. The Morgan fingerprint density at radius 1 is 1.20 bits per heavy atom. The third-order valence-corrected chi connectivity index (χ3v) is 4.95. The van der Waals surface area contributed by atoms with Crippen LogP contribution in [0.2, 0.25) is 5.02 Å². The number of aryl methyl sites for hydroxylation is 1. The van der Waals surface area contributed by atoms with Crippen molar-refractivity contribution in [1.82, 2.24) is 4.98 Å². The van der Waals surface area contributed by atoms with Gasteiger partial charge in [0.1, 0.15) is 5.82 Å². The smallest absolute Gasteiger partial charge is 0.305 e. The van der Waals surface area contributed by atoms with Crippen LogP contribution in [0.15, 0.2) is 48.5 Å². The topological polar surface area (TPSA) is 90.7 Å². The number of hydrogen-bond donors (Lipinski definition) is 3. The van der Waals surface area contributed by atoms with Gasteiger partial charge in [-0.25, -0.2) is 4.39 Å². The predicted octanol–water partition coefficient (Wildman–Crippen LogP) is 4.60. The number of carbonyl (C=O) groups is 1. The van der Waals surface area contributed by atoms with Crippen LogP contribution in [0.5, 0.6) is 0 Å². The number of aliphatic hydroxyl groups excluding tert-OH is 2. The number of halogens is 2. The molecule has 0 amide bonds. The van der Waals surface area contributed by atoms with Crippen LogP contribution >= 0.6 is 11.6 Å². The van der Waals surface area contributed by atoms with Crippen LogP contribution in [0.25, 0.3) is 28.1 Å². The van der Waals surface area contributed by atoms with Gasteiger partial charge in [-0.15, -0.1) is 0 Å². The van der Waals surface area contributed by atoms with Crippen molar-refractivity contribution >= 4 is 34.5 Å². The number of aliphatic hydroxyl groups is 2. The molecular formula is C23H21ClFNO4. The standard InChI is InChI=1S/C23H21ClFNO4/c1-13-19(8-7-17(27)11-18(28)12-22(29)30)23(14-2-5-16(25)6-3-14)20-10-15(24)4-9-21(20)26-13/h2-10,17-18,27-28H,11-12H2,1H3,(H,29,30)/b8-7+. The Bertz CT molecular complexity index is 1100. The van der Waals surface area contributed by atoms with Gasteiger partial charge in [-0.3, -0.25) is 9.78 Å². The largest absolute Gasteiger partial charge is 0.481 e. The summed E-state index contributed by atoms with van der Waals surface area (Å²) < 4.78 is 13.5. The van der Waals surface area contributed by atoms with Gasteiger partial charge in [-0.05, 0) is 42.8 Å². The maximum absolute atomic E-state index is 13.5. The lowest BCUT2D eigenvalue weighted by Crippen LogP contribution is -2.19. The molecule has 0 aliphatic carbocycles. The molecule has 0 bridgehead atoms. The van der Waals surface area contributed by atoms with E-state index >= 15 is 0 Å². The lowest BCUT2D eigenvalue weighted by Gasteiger charge is -2.15. The summed E-state index contributed by atoms with van der Waals surface area (Å²) in [7, 11) is 0. The van der Waals surface area contributed by atoms with E-state index in [4.69, 9.17) is 16.7 Å². The Kier molecular flexibility index (Phi) is 6.82. The molecule has 3 rings (SSSR count). The Labute approximate surface area is 178 Å². The summed E-state index contributed by atoms with van der Waals surface area (Å²) in [6, 6.07) is 11.4. The molecule has 0 radical (unpaired) electrons. The minimum atomic E-state index is -1.16. The molecule has 2 unspecified atom stereocenters. The molecule has 5 nitrogen and oxygen atoms in total. The Morgan fingerprint density at radius 2 is 1.90 bits per heavy atom. The van der Waals surface area contributed by atoms with Gasteiger partial charge >= 0.3 is 5.97 Å². The van der Waals surface area contributed by atoms with Gasteiger partial charge in [-0.2, -0.15) is 0 Å². The number of pyridine rings is 1. The van der Waals surface area contributed by atoms with E-state index < -0.39 is 24.6 Å². The summed E-state index contributed by atoms with van der Waals surface area (Å²) in [4.78, 5) is 15.3. The molecule has 0 saturated heterocycles. The minimum Gasteiger partial charge on any atom is -0.481 e. The van der Waals surface area contributed by atoms with Crippen molar-refractivity contribution in [3.05, 3.63) is 70.6 Å². The van der Waals surface area contributed by atoms with Gasteiger partial charge in [-0.1, -0.05) is 35.9 Å². The highest BCUT2D eigenvalue weighted by molar-refractivity contribution is 6.31. The molecule has 3 N–H and O–H groups in total. The highest BCUT2D eigenvalue weighted by Gasteiger charge is 2.16. The van der Waals surface area contributed by atoms with Crippen molar-refractivity contribution in [3.63, 3.8) is 0 Å². The van der Waals surface area contributed by atoms with Crippen molar-refractivity contribution < 1.29 is 24.5 Å². The van der Waals surface area contributed by atoms with Crippen LogP contribution in [0.3, 0.4) is 0 Å². The fraction of sp³-hybridized carbons (Fsp3) is 0.217. The van der Waals surface area contributed by atoms with Crippen molar-refractivity contribution in [1.29, 1.82) is 0 Å². The van der Waals surface area contributed by atoms with Crippen LogP contribution in [0, 0.1) is 12.7 Å². The SMILES string of the molecule is Cc1nc2ccc(Cl)cc2c(-c2ccc(F)cc2)c1/C=C/C(O)CC(O)CC(=O)O. The number of nitrogens with zero attached hydrogens (tertiary/aromatic N) is 1. The van der Waals surface area contributed by atoms with E-state index in [9.17, 15) is 19.4 Å². The van der Waals surface area contributed by atoms with Gasteiger partial charge in [0.25, 0.3) is 0 Å². The number of aliphatic carboxylic acids is 1. The van der Waals surface area contributed by atoms with E-state index in [-0.39, 0.29) is 12.2 Å². The molecule has 0 fully saturated rings. The monoisotopic (exact) mass is 429 g/mol. The molecule has 3 aromatic rings. The van der Waals surface area contributed by atoms with E-state index in [2.05, 4.69) is 4.98 Å². The molecule has 0 aliphatic rings. The van der Waals surface area contributed by atoms with Gasteiger partial charge in [0, 0.05) is 33.7 Å². The number of benzene rings is 2. The van der Waals surface area contributed by atoms with E-state index in [0.717, 1.165) is 22.0 Å². The van der Waals surface area contributed by atoms with Crippen molar-refractivity contribution in [3.8, 4) is 11.1 Å². The highest BCUT2D eigenvalue weighted by Crippen LogP contribution is 2.35. The summed E-state index contributed by atoms with van der Waals surface area (Å²) >= 11 is 6.20. The highest BCUT2D eigenvalue weighted by atomic mass is 35.5. The zero-order valence-corrected chi connectivity index (χ0v) is 17.0. The van der Waals surface area contributed by atoms with Crippen molar-refractivity contribution in [2.24, 2.45) is 0 Å². The van der Waals surface area contributed by atoms with E-state index in [1.54, 1.807) is 30.3 Å². The summed E-state index contributed by atoms with van der Waals surface area (Å²) in [6.07, 6.45) is 0.405. The van der Waals surface area contributed by atoms with Gasteiger partial charge in [0.2, 0.25) is 0 Å². The van der Waals surface area contributed by atoms with Crippen molar-refractivity contribution in [2.75, 3.05) is 0 Å². The zero-order valence-electron chi connectivity index (χ0n) is 16.2. The zero-order chi connectivity index (χ0) is 21.8. The first kappa shape index (κ1) is 21.9. The number of fused-ring (bicyclic) bond motifs is 1. The van der Waals surface area contributed by atoms with Gasteiger partial charge in [0.05, 0.1) is 24.1 Å². The third kappa shape index (κ3) is 5.21. The Balaban J connectivity index is 2.07. The van der Waals surface area contributed by atoms with Gasteiger partial charge in [0.15, 0.2) is 0 Å². The third-order valence-electron chi connectivity index (χ3n) is 4.72. The molecule has 0 aliphatic heterocycles. The van der Waals surface area contributed by atoms with Crippen LogP contribution in [0.1, 0.15) is 24.1 Å². The van der Waals surface area contributed by atoms with Crippen LogP contribution < -0.4 is 0 Å². The molecule has 2 aromatic carbocycles. The Hall–Kier alpha value is -2.80. The summed E-state index contributed by atoms with van der Waals surface area (Å²) in [5.74, 6) is -1.49. The second-order valence-electron chi connectivity index (χ2n) is 7.07. The first-order valence-electron chi connectivity index (χ1n) is 9.36. The number of hydrogen-bond acceptors (Lipinski definition) is 4. The number of rotatable bonds is 7. The number of carboxylic acids is 1. The Morgan fingerprint density at radius 3 is 2.57 bits per heavy atom. The number of carboxylic acid groups (broad SMARTS) is 1. The predicted molar refractivity (Wildman–Crippen MR) is 115 cm³/mol. The first-order chi connectivity index (χ1) is 14.2. The molecule has 0 saturated carbocycles. The molecule has 7 heteroatoms. The van der Waals surface area contributed by atoms with Crippen LogP contribution in [0.4, 0.5) is 4.39 Å². The fourth-order valence-corrected chi connectivity index (χ4v) is 3.53. The quantitative estimate of drug-likeness (QED) is 0.510. The normalized spacial score (nSPS) is 13.6. The molecule has 30 heavy (non-hydrogen) atoms. The van der Waals surface area contributed by atoms with Crippen LogP contribution in [-0.2, 0) is 4.79 Å². The molecule has 1 heterocycles. The molecule has 156 valence electrons.